The van der Waals surface area contributed by atoms with E-state index in [4.69, 9.17) is 30.9 Å². The number of nitrogens with zero attached hydrogens (tertiary/aromatic N) is 6. The zero-order chi connectivity index (χ0) is 71.3. The molecule has 10 nitrogen and oxygen atoms in total. The number of terminal acetylenes is 1. The molecule has 0 aliphatic heterocycles. The standard InChI is InChI=1S/C27H40BrN3O2S2.C22H29BrS2.C10H14Br2S.C5H11N3O2.C4H9.C2H6.ClH.Mg.2H5P3.2H/c1-4-6-8-10-12-21-18-24(23-20-31(30-29-23)14-15-33-17-16-32-3)34-26(21)25-19-22(27(28)35-25)13-11-9-7-5-2;1-4-7-9-11-13-17-15-19(6-3)24-21(17)20-16-18(22(23)25-20)14-12-10-8-5-2;1-2-3-4-5-6-8-7-9(11)13-10(8)12;1-9-4-5-10-3-2-7-8-6;1-4(2)3;1-2;;;2*1-3-2;;/h18-20H,4-17H2,1-3H3;3,15-16H,4-5,7-14H2,1-2H3;7H,2-6H2,1H3;2-5H2,1H3;1-3H3;1-2H3;1H;;2*3H,1-2H2;;/q;;;;-1;;;+2;;;2*-1/p-1. The Labute approximate surface area is 681 Å². The van der Waals surface area contributed by atoms with Crippen molar-refractivity contribution < 1.29 is 34.2 Å². The van der Waals surface area contributed by atoms with E-state index >= 15 is 0 Å². The number of halogens is 5. The summed E-state index contributed by atoms with van der Waals surface area (Å²) < 4.78 is 27.3. The third kappa shape index (κ3) is 54.2. The van der Waals surface area contributed by atoms with Crippen molar-refractivity contribution in [2.45, 2.75) is 236 Å². The molecule has 0 spiro atoms. The normalized spacial score (nSPS) is 10.1. The molecule has 6 aromatic heterocycles. The van der Waals surface area contributed by atoms with Gasteiger partial charge in [0.05, 0.1) is 77.3 Å². The summed E-state index contributed by atoms with van der Waals surface area (Å²) in [6.07, 6.45) is 39.6. The molecule has 27 heteroatoms. The number of azide groups is 1. The Bertz CT molecular complexity index is 2850. The molecule has 0 amide bonds. The van der Waals surface area contributed by atoms with Crippen LogP contribution in [0.1, 0.15) is 233 Å². The van der Waals surface area contributed by atoms with Crippen LogP contribution in [0.25, 0.3) is 40.5 Å². The van der Waals surface area contributed by atoms with Crippen LogP contribution in [-0.4, -0.2) is 98.5 Å². The second kappa shape index (κ2) is 74.7. The molecular formula is C70H121Br4ClMgN6O4P6S5-2. The fourth-order valence-electron chi connectivity index (χ4n) is 8.79. The third-order valence-electron chi connectivity index (χ3n) is 13.5. The van der Waals surface area contributed by atoms with Crippen molar-refractivity contribution in [2.75, 3.05) is 60.4 Å². The molecule has 0 aliphatic carbocycles. The average Bonchev–Trinajstić information content (AvgIpc) is 1.66. The Kier molecular flexibility index (Phi) is 81.1. The maximum Gasteiger partial charge on any atom is 2.00 e. The fourth-order valence-corrected chi connectivity index (χ4v) is 17.7. The summed E-state index contributed by atoms with van der Waals surface area (Å²) in [4.78, 5) is 10.4. The molecule has 97 heavy (non-hydrogen) atoms. The molecule has 0 bridgehead atoms. The van der Waals surface area contributed by atoms with Gasteiger partial charge in [0.2, 0.25) is 0 Å². The Hall–Kier alpha value is 1.91. The van der Waals surface area contributed by atoms with E-state index < -0.39 is 0 Å². The number of methoxy groups -OCH3 is 2. The van der Waals surface area contributed by atoms with Crippen molar-refractivity contribution in [3.63, 3.8) is 0 Å². The predicted molar refractivity (Wildman–Crippen MR) is 471 cm³/mol. The molecule has 4 unspecified atom stereocenters. The summed E-state index contributed by atoms with van der Waals surface area (Å²) in [6.45, 7) is 26.1. The Morgan fingerprint density at radius 3 is 1.31 bits per heavy atom. The molecule has 0 saturated heterocycles. The van der Waals surface area contributed by atoms with E-state index in [0.717, 1.165) is 45.7 Å². The van der Waals surface area contributed by atoms with Gasteiger partial charge in [-0.1, -0.05) is 177 Å². The van der Waals surface area contributed by atoms with Crippen molar-refractivity contribution in [1.29, 1.82) is 0 Å². The maximum atomic E-state index is 7.85. The van der Waals surface area contributed by atoms with Gasteiger partial charge in [-0.15, -0.1) is 104 Å². The Morgan fingerprint density at radius 2 is 0.928 bits per heavy atom. The molecule has 4 atom stereocenters. The van der Waals surface area contributed by atoms with Crippen molar-refractivity contribution in [3.8, 4) is 42.4 Å². The summed E-state index contributed by atoms with van der Waals surface area (Å²) in [5.74, 6) is 4.26. The number of rotatable bonds is 40. The molecule has 0 N–H and O–H groups in total. The fraction of sp³-hybridized carbons (Fsp3) is 0.643. The molecule has 554 valence electrons. The Morgan fingerprint density at radius 1 is 0.557 bits per heavy atom. The maximum absolute atomic E-state index is 7.85. The smallest absolute Gasteiger partial charge is 1.00 e. The Balaban J connectivity index is -0.000000294. The van der Waals surface area contributed by atoms with Gasteiger partial charge < -0.3 is 40.1 Å². The number of thiophene rings is 5. The molecule has 0 aliphatic rings. The molecule has 0 radical (unpaired) electrons. The van der Waals surface area contributed by atoms with Crippen LogP contribution in [-0.2, 0) is 57.6 Å². The molecule has 6 aromatic rings. The minimum Gasteiger partial charge on any atom is -1.00 e. The average molecular weight is 1840 g/mol. The number of ether oxygens (including phenoxy) is 4. The number of aromatic nitrogens is 3. The molecule has 0 aromatic carbocycles. The van der Waals surface area contributed by atoms with E-state index in [9.17, 15) is 0 Å². The van der Waals surface area contributed by atoms with Crippen LogP contribution in [0.2, 0.25) is 0 Å². The van der Waals surface area contributed by atoms with Gasteiger partial charge >= 0.3 is 23.1 Å². The van der Waals surface area contributed by atoms with Gasteiger partial charge in [0.1, 0.15) is 5.69 Å². The van der Waals surface area contributed by atoms with Crippen molar-refractivity contribution in [2.24, 2.45) is 5.11 Å². The summed E-state index contributed by atoms with van der Waals surface area (Å²) >= 11 is 23.9. The second-order valence-corrected chi connectivity index (χ2v) is 41.4. The molecule has 0 fully saturated rings. The number of hydrogen-bond acceptors (Lipinski definition) is 12. The van der Waals surface area contributed by atoms with Crippen LogP contribution in [0, 0.1) is 18.3 Å². The first-order valence-corrected chi connectivity index (χ1v) is 50.4. The largest absolute Gasteiger partial charge is 2.00 e. The van der Waals surface area contributed by atoms with E-state index in [1.807, 2.05) is 58.7 Å². The van der Waals surface area contributed by atoms with Crippen molar-refractivity contribution >= 4 is 195 Å². The number of unbranched alkanes of at least 4 members (excludes halogenated alkanes) is 15. The van der Waals surface area contributed by atoms with Crippen LogP contribution in [0.3, 0.4) is 0 Å². The van der Waals surface area contributed by atoms with E-state index in [1.54, 1.807) is 36.9 Å². The van der Waals surface area contributed by atoms with Crippen molar-refractivity contribution in [3.05, 3.63) is 101 Å². The minimum absolute atomic E-state index is 0. The first kappa shape index (κ1) is 105. The van der Waals surface area contributed by atoms with Crippen LogP contribution in [0.4, 0.5) is 0 Å². The first-order chi connectivity index (χ1) is 46.1. The molecule has 0 saturated carbocycles. The molecule has 6 heterocycles. The summed E-state index contributed by atoms with van der Waals surface area (Å²) in [5.41, 5.74) is 16.1. The van der Waals surface area contributed by atoms with Gasteiger partial charge in [0, 0.05) is 45.2 Å². The van der Waals surface area contributed by atoms with E-state index in [0.29, 0.717) is 52.7 Å². The quantitative estimate of drug-likeness (QED) is 0.00553. The summed E-state index contributed by atoms with van der Waals surface area (Å²) in [5, 5.41) is 12.1. The summed E-state index contributed by atoms with van der Waals surface area (Å²) in [6, 6.07) is 11.6. The predicted octanol–water partition coefficient (Wildman–Crippen LogP) is 25.2. The first-order valence-electron chi connectivity index (χ1n) is 33.9. The monoisotopic (exact) mass is 1830 g/mol. The summed E-state index contributed by atoms with van der Waals surface area (Å²) in [7, 11) is 15.4. The van der Waals surface area contributed by atoms with Gasteiger partial charge in [-0.25, -0.2) is 4.68 Å². The SMILES string of the molecule is C#Cc1cc(CCCCCC)c(-c2cc(CCCCCC)c(Br)s2)s1.CC.CCCCCCc1cc(-c2sc(-c3cn(CCOCCOC)nn3)cc2CCCCCC)sc1Br.CCCCCCc1cc(Br)sc1Br.COCCOCCN=[N+]=[N-].C[C-](C)C.PPP.PPP.[Cl-].[H-].[H-].[Mg+2]. The van der Waals surface area contributed by atoms with E-state index in [-0.39, 0.29) is 38.3 Å². The van der Waals surface area contributed by atoms with Gasteiger partial charge in [-0.3, -0.25) is 0 Å². The minimum atomic E-state index is 0. The number of aryl methyl sites for hydroxylation is 5. The van der Waals surface area contributed by atoms with Gasteiger partial charge in [0.15, 0.2) is 0 Å². The molecule has 6 rings (SSSR count). The van der Waals surface area contributed by atoms with Crippen LogP contribution >= 0.6 is 172 Å². The van der Waals surface area contributed by atoms with Gasteiger partial charge in [-0.05, 0) is 192 Å². The van der Waals surface area contributed by atoms with Gasteiger partial charge in [-0.2, -0.15) is 20.8 Å². The van der Waals surface area contributed by atoms with Crippen molar-refractivity contribution in [1.82, 2.24) is 15.0 Å². The molecular weight excluding hydrogens is 1710 g/mol. The van der Waals surface area contributed by atoms with Gasteiger partial charge in [0.25, 0.3) is 0 Å². The van der Waals surface area contributed by atoms with E-state index in [1.165, 1.54) is 215 Å². The van der Waals surface area contributed by atoms with E-state index in [2.05, 4.69) is 211 Å². The number of hydrogen-bond donors (Lipinski definition) is 0. The second-order valence-electron chi connectivity index (χ2n) is 22.2. The van der Waals surface area contributed by atoms with Crippen LogP contribution < -0.4 is 12.4 Å². The van der Waals surface area contributed by atoms with Crippen LogP contribution in [0.15, 0.2) is 56.8 Å². The zero-order valence-corrected chi connectivity index (χ0v) is 79.9. The topological polar surface area (TPSA) is 116 Å². The zero-order valence-electron chi connectivity index (χ0n) is 62.6. The third-order valence-corrected chi connectivity index (χ3v) is 22.5. The van der Waals surface area contributed by atoms with Crippen LogP contribution in [0.5, 0.6) is 0 Å².